The van der Waals surface area contributed by atoms with Crippen LogP contribution in [0, 0.1) is 0 Å². The molecule has 0 amide bonds. The molecule has 102 heavy (non-hydrogen) atoms. The fourth-order valence-corrected chi connectivity index (χ4v) is 14.0. The van der Waals surface area contributed by atoms with E-state index in [0.717, 1.165) is 12.1 Å². The van der Waals surface area contributed by atoms with Gasteiger partial charge in [-0.25, -0.2) is 0 Å². The van der Waals surface area contributed by atoms with E-state index in [-0.39, 0.29) is 11.1 Å². The molecule has 40 atom stereocenters. The summed E-state index contributed by atoms with van der Waals surface area (Å²) in [5.41, 5.74) is 0. The van der Waals surface area contributed by atoms with Crippen LogP contribution in [0.3, 0.4) is 0 Å². The highest BCUT2D eigenvalue weighted by Crippen LogP contribution is 2.40. The van der Waals surface area contributed by atoms with Crippen molar-refractivity contribution >= 4 is 20.9 Å². The molecular weight excluding hydrogens is 1420 g/mol. The average Bonchev–Trinajstić information content (AvgIpc) is 0.775. The van der Waals surface area contributed by atoms with E-state index >= 15 is 0 Å². The molecule has 30 heterocycles. The van der Waals surface area contributed by atoms with Gasteiger partial charge in [0.15, 0.2) is 50.3 Å². The number of aliphatic hydroxyl groups is 23. The van der Waals surface area contributed by atoms with Crippen LogP contribution in [0.2, 0.25) is 0 Å². The molecule has 43 nitrogen and oxygen atoms in total. The van der Waals surface area contributed by atoms with Crippen molar-refractivity contribution < 1.29 is 211 Å². The number of benzene rings is 2. The van der Waals surface area contributed by atoms with E-state index in [9.17, 15) is 130 Å². The highest BCUT2D eigenvalue weighted by Gasteiger charge is 2.60. The largest absolute Gasteiger partial charge is 0.491 e. The summed E-state index contributed by atoms with van der Waals surface area (Å²) in [7, 11) is -4.71. The maximum Gasteiger partial charge on any atom is 0.294 e. The Morgan fingerprint density at radius 3 is 0.686 bits per heavy atom. The van der Waals surface area contributed by atoms with Gasteiger partial charge < -0.3 is 198 Å². The number of rotatable bonds is 11. The van der Waals surface area contributed by atoms with Gasteiger partial charge in [0, 0.05) is 0 Å². The Morgan fingerprint density at radius 1 is 0.265 bits per heavy atom. The van der Waals surface area contributed by atoms with Crippen LogP contribution in [0.25, 0.3) is 10.8 Å². The summed E-state index contributed by atoms with van der Waals surface area (Å²) >= 11 is 0. The van der Waals surface area contributed by atoms with Crippen molar-refractivity contribution in [2.75, 3.05) is 52.9 Å². The van der Waals surface area contributed by atoms with E-state index in [4.69, 9.17) is 80.5 Å². The summed E-state index contributed by atoms with van der Waals surface area (Å²) in [4.78, 5) is -0.498. The molecule has 30 saturated heterocycles. The molecule has 582 valence electrons. The summed E-state index contributed by atoms with van der Waals surface area (Å²) < 4.78 is 133. The van der Waals surface area contributed by atoms with Crippen molar-refractivity contribution in [3.05, 3.63) is 36.4 Å². The van der Waals surface area contributed by atoms with Gasteiger partial charge in [0.2, 0.25) is 0 Å². The number of fused-ring (bicyclic) bond motifs is 1. The van der Waals surface area contributed by atoms with Gasteiger partial charge in [-0.3, -0.25) is 4.55 Å². The van der Waals surface area contributed by atoms with Crippen LogP contribution >= 0.6 is 0 Å². The van der Waals surface area contributed by atoms with Gasteiger partial charge in [0.1, 0.15) is 208 Å². The summed E-state index contributed by atoms with van der Waals surface area (Å²) in [5.74, 6) is -0.0572. The lowest BCUT2D eigenvalue weighted by Crippen LogP contribution is -2.69. The van der Waals surface area contributed by atoms with Crippen LogP contribution in [0.1, 0.15) is 0 Å². The van der Waals surface area contributed by atoms with Crippen molar-refractivity contribution in [2.45, 2.75) is 251 Å². The summed E-state index contributed by atoms with van der Waals surface area (Å²) in [6.07, 6.45) is -83.9. The molecule has 30 fully saturated rings. The fourth-order valence-electron chi connectivity index (χ4n) is 13.5. The highest BCUT2D eigenvalue weighted by molar-refractivity contribution is 7.85. The third kappa shape index (κ3) is 16.0. The summed E-state index contributed by atoms with van der Waals surface area (Å²) in [5, 5.41) is 260. The monoisotopic (exact) mass is 1500 g/mol. The number of hydrogen-bond donors (Lipinski definition) is 24. The van der Waals surface area contributed by atoms with Gasteiger partial charge in [0.05, 0.1) is 51.1 Å². The second kappa shape index (κ2) is 33.4. The maximum atomic E-state index is 12.0. The topological polar surface area (TPSA) is 677 Å². The first kappa shape index (κ1) is 79.9. The second-order valence-electron chi connectivity index (χ2n) is 25.7. The highest BCUT2D eigenvalue weighted by atomic mass is 32.2. The molecule has 30 aliphatic rings. The molecule has 2 aromatic carbocycles. The molecule has 30 aliphatic heterocycles. The molecule has 0 unspecified atom stereocenters. The van der Waals surface area contributed by atoms with E-state index in [1.165, 1.54) is 24.3 Å². The Balaban J connectivity index is 0.881. The van der Waals surface area contributed by atoms with Crippen LogP contribution in [0.5, 0.6) is 5.75 Å². The van der Waals surface area contributed by atoms with E-state index < -0.39 is 314 Å². The first-order valence-corrected chi connectivity index (χ1v) is 33.7. The number of hydrogen-bond acceptors (Lipinski definition) is 42. The first-order valence-electron chi connectivity index (χ1n) is 32.3. The van der Waals surface area contributed by atoms with Crippen molar-refractivity contribution in [3.63, 3.8) is 0 Å². The molecule has 16 bridgehead atoms. The Bertz CT molecular complexity index is 3110. The van der Waals surface area contributed by atoms with Gasteiger partial charge in [-0.1, -0.05) is 12.1 Å². The maximum absolute atomic E-state index is 12.0. The normalized spacial score (nSPS) is 49.5. The zero-order chi connectivity index (χ0) is 73.8. The minimum absolute atomic E-state index is 0.0572. The van der Waals surface area contributed by atoms with Gasteiger partial charge in [0.25, 0.3) is 10.1 Å². The smallest absolute Gasteiger partial charge is 0.294 e. The lowest BCUT2D eigenvalue weighted by atomic mass is 9.94. The molecule has 24 N–H and O–H groups in total. The molecular formula is C58H86O43S. The quantitative estimate of drug-likeness (QED) is 0.0929. The van der Waals surface area contributed by atoms with E-state index in [2.05, 4.69) is 0 Å². The summed E-state index contributed by atoms with van der Waals surface area (Å²) in [6.45, 7) is -8.57. The molecule has 0 radical (unpaired) electrons. The van der Waals surface area contributed by atoms with Crippen molar-refractivity contribution in [1.29, 1.82) is 0 Å². The Hall–Kier alpha value is -3.15. The van der Waals surface area contributed by atoms with Gasteiger partial charge in [-0.2, -0.15) is 8.42 Å². The molecule has 0 aliphatic carbocycles. The predicted octanol–water partition coefficient (Wildman–Crippen LogP) is -14.9. The zero-order valence-corrected chi connectivity index (χ0v) is 53.9. The fraction of sp³-hybridized carbons (Fsp3) is 0.828. The lowest BCUT2D eigenvalue weighted by Gasteiger charge is -2.50. The number of aliphatic hydroxyl groups excluding tert-OH is 23. The van der Waals surface area contributed by atoms with Crippen molar-refractivity contribution in [1.82, 2.24) is 0 Å². The molecule has 44 heteroatoms. The predicted molar refractivity (Wildman–Crippen MR) is 313 cm³/mol. The van der Waals surface area contributed by atoms with Crippen molar-refractivity contribution in [3.8, 4) is 5.75 Å². The first-order chi connectivity index (χ1) is 48.5. The standard InChI is InChI=1S/C58H86O43S/c59-7-19-43-27(66)35(74)51(86-19)95-44-20(8-60)88-53(37(76)29(44)68)97-46-22(10-62)90-55(39(78)31(46)70)99-48-24(12-64)92-57(41(80)33(48)72)101-50-26(14-85-17-3-1-15-2-4-18(102(82,83)84)6-16(15)5-17)93-58(42(81)34(50)73)100-49-25(13-65)91-56(40(79)32(49)71)98-47-23(11-63)89-54(38(77)30(47)69)96-45-21(9-61)87-52(94-43)36(75)28(45)67/h1-6,19-81H,7-14H2,(H,82,83,84)/t19-,20+,21-,22+,23-,24+,25-,26+,27+,28+,29-,30+,31-,32+,33-,34+,35+,36+,37-,38+,39-,40+,41-,42+,43+,44+,45+,46+,47+,48+,49+,50+,51+,52+,53+,54+,55+,56+,57+,58+/m0/s1. The minimum atomic E-state index is -4.71. The van der Waals surface area contributed by atoms with Crippen LogP contribution in [0.4, 0.5) is 0 Å². The molecule has 0 saturated carbocycles. The Labute approximate surface area is 575 Å². The second-order valence-corrected chi connectivity index (χ2v) is 27.2. The third-order valence-corrected chi connectivity index (χ3v) is 20.1. The zero-order valence-electron chi connectivity index (χ0n) is 53.1. The molecule has 2 aromatic rings. The van der Waals surface area contributed by atoms with E-state index in [0.29, 0.717) is 5.39 Å². The van der Waals surface area contributed by atoms with Crippen LogP contribution in [0.15, 0.2) is 41.3 Å². The number of ether oxygens (including phenoxy) is 17. The van der Waals surface area contributed by atoms with E-state index in [1.807, 2.05) is 0 Å². The van der Waals surface area contributed by atoms with Crippen LogP contribution in [-0.4, -0.2) is 429 Å². The van der Waals surface area contributed by atoms with Gasteiger partial charge in [-0.15, -0.1) is 0 Å². The van der Waals surface area contributed by atoms with Gasteiger partial charge in [-0.05, 0) is 35.0 Å². The average molecular weight is 1500 g/mol. The van der Waals surface area contributed by atoms with Gasteiger partial charge >= 0.3 is 0 Å². The van der Waals surface area contributed by atoms with E-state index in [1.54, 1.807) is 0 Å². The molecule has 32 rings (SSSR count). The minimum Gasteiger partial charge on any atom is -0.491 e. The lowest BCUT2D eigenvalue weighted by molar-refractivity contribution is -0.404. The third-order valence-electron chi connectivity index (χ3n) is 19.2. The Morgan fingerprint density at radius 2 is 0.471 bits per heavy atom. The van der Waals surface area contributed by atoms with Crippen LogP contribution in [-0.2, 0) is 85.9 Å². The van der Waals surface area contributed by atoms with Crippen molar-refractivity contribution in [2.24, 2.45) is 0 Å². The Kier molecular flexibility index (Phi) is 26.1. The molecule has 0 spiro atoms. The SMILES string of the molecule is O=S(=O)(O)c1ccc2ccc(OC[C@H]3O[C@@H]4O[C@H]5[C@H](O)[C@@H](O)[C@@H](O[C@H]6[C@H](O)[C@@H](O)[C@@H](O[C@H]7[C@H](O)[C@@H](O)[C@@H](O[C@H]8[C@H](O)[C@@H](O)[C@@H](O[C@H]9[C@@H](O)[C@H](O)[C@@H](O[C@H]%10[C@@H](O)[C@H](O)[C@@H](O[C@H]%11[C@@H](O)[C@H](O)[C@@H](O[C@H]3[C@H](O)[C@H]4O)O[C@@H]%11CO)O[C@@H]%10CO)O[C@@H]9CO)O[C@H]8CO)O[C@H]7CO)O[C@H]6CO)O[C@H]5CO)cc2c1. The van der Waals surface area contributed by atoms with Crippen LogP contribution < -0.4 is 4.74 Å². The summed E-state index contributed by atoms with van der Waals surface area (Å²) in [6, 6.07) is 7.79. The molecule has 0 aromatic heterocycles.